The lowest BCUT2D eigenvalue weighted by Crippen LogP contribution is -2.33. The van der Waals surface area contributed by atoms with Crippen molar-refractivity contribution in [3.8, 4) is 0 Å². The van der Waals surface area contributed by atoms with Crippen LogP contribution in [-0.2, 0) is 11.2 Å². The summed E-state index contributed by atoms with van der Waals surface area (Å²) in [6.07, 6.45) is 8.29. The Morgan fingerprint density at radius 1 is 1.00 bits per heavy atom. The second kappa shape index (κ2) is 8.11. The second-order valence-corrected chi connectivity index (χ2v) is 10.1. The Morgan fingerprint density at radius 2 is 1.77 bits per heavy atom. The molecule has 1 heterocycles. The summed E-state index contributed by atoms with van der Waals surface area (Å²) < 4.78 is 6.02. The Bertz CT molecular complexity index is 883. The average molecular weight is 407 g/mol. The van der Waals surface area contributed by atoms with E-state index in [1.807, 2.05) is 0 Å². The Kier molecular flexibility index (Phi) is 5.47. The van der Waals surface area contributed by atoms with Gasteiger partial charge in [0.05, 0.1) is 24.9 Å². The van der Waals surface area contributed by atoms with Crippen LogP contribution in [0.25, 0.3) is 0 Å². The van der Waals surface area contributed by atoms with Gasteiger partial charge in [-0.15, -0.1) is 0 Å². The van der Waals surface area contributed by atoms with Gasteiger partial charge in [0.25, 0.3) is 0 Å². The van der Waals surface area contributed by atoms with Crippen LogP contribution in [0.15, 0.2) is 42.5 Å². The molecular formula is C27H34O3. The van der Waals surface area contributed by atoms with Crippen molar-refractivity contribution in [3.63, 3.8) is 0 Å². The SMILES string of the molecule is Cc1ccc(C2CC(O)CC(CO)O2)cc1Cc1ccc(C2CCC3(CC3)C2)cc1. The van der Waals surface area contributed by atoms with Crippen LogP contribution in [0.4, 0.5) is 0 Å². The van der Waals surface area contributed by atoms with E-state index in [0.29, 0.717) is 12.8 Å². The van der Waals surface area contributed by atoms with E-state index in [-0.39, 0.29) is 18.8 Å². The maximum atomic E-state index is 10.2. The van der Waals surface area contributed by atoms with Crippen molar-refractivity contribution in [1.82, 2.24) is 0 Å². The van der Waals surface area contributed by atoms with E-state index in [9.17, 15) is 10.2 Å². The van der Waals surface area contributed by atoms with Gasteiger partial charge in [-0.3, -0.25) is 0 Å². The first-order valence-corrected chi connectivity index (χ1v) is 11.7. The van der Waals surface area contributed by atoms with E-state index >= 15 is 0 Å². The van der Waals surface area contributed by atoms with Crippen molar-refractivity contribution in [1.29, 1.82) is 0 Å². The highest BCUT2D eigenvalue weighted by Gasteiger charge is 2.48. The topological polar surface area (TPSA) is 49.7 Å². The predicted octanol–water partition coefficient (Wildman–Crippen LogP) is 5.21. The van der Waals surface area contributed by atoms with Gasteiger partial charge in [0.1, 0.15) is 0 Å². The maximum Gasteiger partial charge on any atom is 0.0854 e. The Balaban J connectivity index is 1.29. The van der Waals surface area contributed by atoms with Gasteiger partial charge >= 0.3 is 0 Å². The largest absolute Gasteiger partial charge is 0.394 e. The van der Waals surface area contributed by atoms with Gasteiger partial charge in [-0.25, -0.2) is 0 Å². The molecule has 2 aromatic rings. The van der Waals surface area contributed by atoms with Crippen LogP contribution < -0.4 is 0 Å². The summed E-state index contributed by atoms with van der Waals surface area (Å²) in [6.45, 7) is 2.12. The lowest BCUT2D eigenvalue weighted by molar-refractivity contribution is -0.113. The fraction of sp³-hybridized carbons (Fsp3) is 0.556. The molecule has 2 aromatic carbocycles. The van der Waals surface area contributed by atoms with Crippen LogP contribution >= 0.6 is 0 Å². The van der Waals surface area contributed by atoms with Gasteiger partial charge in [0.15, 0.2) is 0 Å². The Labute approximate surface area is 180 Å². The molecule has 160 valence electrons. The summed E-state index contributed by atoms with van der Waals surface area (Å²) in [5.41, 5.74) is 7.28. The average Bonchev–Trinajstić information content (AvgIpc) is 3.38. The van der Waals surface area contributed by atoms with Crippen molar-refractivity contribution >= 4 is 0 Å². The first-order valence-electron chi connectivity index (χ1n) is 11.7. The number of aliphatic hydroxyl groups is 2. The number of ether oxygens (including phenoxy) is 1. The van der Waals surface area contributed by atoms with Crippen LogP contribution in [0.1, 0.15) is 84.8 Å². The molecule has 3 aliphatic rings. The van der Waals surface area contributed by atoms with E-state index in [1.54, 1.807) is 0 Å². The van der Waals surface area contributed by atoms with Crippen molar-refractivity contribution in [2.24, 2.45) is 5.41 Å². The zero-order chi connectivity index (χ0) is 20.7. The van der Waals surface area contributed by atoms with Gasteiger partial charge < -0.3 is 14.9 Å². The fourth-order valence-corrected chi connectivity index (χ4v) is 5.65. The number of aliphatic hydroxyl groups excluding tert-OH is 2. The number of hydrogen-bond donors (Lipinski definition) is 2. The Morgan fingerprint density at radius 3 is 2.47 bits per heavy atom. The molecule has 30 heavy (non-hydrogen) atoms. The number of aryl methyl sites for hydroxylation is 1. The number of hydrogen-bond acceptors (Lipinski definition) is 3. The lowest BCUT2D eigenvalue weighted by atomic mass is 9.91. The molecule has 2 saturated carbocycles. The van der Waals surface area contributed by atoms with Crippen molar-refractivity contribution < 1.29 is 14.9 Å². The molecule has 5 rings (SSSR count). The molecule has 0 aromatic heterocycles. The third-order valence-corrected chi connectivity index (χ3v) is 7.83. The standard InChI is InChI=1S/C27H34O3/c1-18-2-5-21(26-15-24(29)14-25(17-28)30-26)13-23(18)12-19-3-6-20(7-4-19)22-8-9-27(16-22)10-11-27/h2-7,13,22,24-26,28-29H,8-12,14-17H2,1H3. The summed E-state index contributed by atoms with van der Waals surface area (Å²) in [5, 5.41) is 19.6. The van der Waals surface area contributed by atoms with Gasteiger partial charge in [-0.2, -0.15) is 0 Å². The van der Waals surface area contributed by atoms with Crippen LogP contribution in [0.2, 0.25) is 0 Å². The second-order valence-electron chi connectivity index (χ2n) is 10.1. The van der Waals surface area contributed by atoms with Crippen LogP contribution in [0.3, 0.4) is 0 Å². The van der Waals surface area contributed by atoms with Gasteiger partial charge in [0.2, 0.25) is 0 Å². The first-order chi connectivity index (χ1) is 14.5. The third-order valence-electron chi connectivity index (χ3n) is 7.83. The van der Waals surface area contributed by atoms with E-state index in [0.717, 1.165) is 23.3 Å². The van der Waals surface area contributed by atoms with Gasteiger partial charge in [-0.1, -0.05) is 42.5 Å². The minimum atomic E-state index is -0.413. The zero-order valence-corrected chi connectivity index (χ0v) is 18.0. The molecule has 1 spiro atoms. The normalized spacial score (nSPS) is 30.0. The summed E-state index contributed by atoms with van der Waals surface area (Å²) >= 11 is 0. The minimum absolute atomic E-state index is 0.0409. The van der Waals surface area contributed by atoms with Crippen molar-refractivity contribution in [3.05, 3.63) is 70.3 Å². The third kappa shape index (κ3) is 4.21. The Hall–Kier alpha value is -1.68. The highest BCUT2D eigenvalue weighted by molar-refractivity contribution is 5.37. The summed E-state index contributed by atoms with van der Waals surface area (Å²) in [7, 11) is 0. The van der Waals surface area contributed by atoms with E-state index in [4.69, 9.17) is 4.74 Å². The molecule has 0 bridgehead atoms. The minimum Gasteiger partial charge on any atom is -0.394 e. The molecule has 3 heteroatoms. The molecular weight excluding hydrogens is 372 g/mol. The molecule has 2 aliphatic carbocycles. The van der Waals surface area contributed by atoms with E-state index < -0.39 is 6.10 Å². The quantitative estimate of drug-likeness (QED) is 0.717. The highest BCUT2D eigenvalue weighted by atomic mass is 16.5. The van der Waals surface area contributed by atoms with E-state index in [2.05, 4.69) is 49.4 Å². The molecule has 4 atom stereocenters. The predicted molar refractivity (Wildman–Crippen MR) is 119 cm³/mol. The smallest absolute Gasteiger partial charge is 0.0854 e. The molecule has 3 nitrogen and oxygen atoms in total. The number of benzene rings is 2. The molecule has 0 radical (unpaired) electrons. The zero-order valence-electron chi connectivity index (χ0n) is 18.0. The van der Waals surface area contributed by atoms with Gasteiger partial charge in [-0.05, 0) is 84.6 Å². The maximum absolute atomic E-state index is 10.2. The highest BCUT2D eigenvalue weighted by Crippen LogP contribution is 2.61. The van der Waals surface area contributed by atoms with Crippen molar-refractivity contribution in [2.45, 2.75) is 82.5 Å². The number of rotatable bonds is 5. The van der Waals surface area contributed by atoms with Gasteiger partial charge in [0, 0.05) is 12.8 Å². The molecule has 4 unspecified atom stereocenters. The first kappa shape index (κ1) is 20.2. The summed E-state index contributed by atoms with van der Waals surface area (Å²) in [4.78, 5) is 0. The summed E-state index contributed by atoms with van der Waals surface area (Å²) in [6, 6.07) is 15.8. The fourth-order valence-electron chi connectivity index (χ4n) is 5.65. The van der Waals surface area contributed by atoms with Crippen LogP contribution in [0, 0.1) is 12.3 Å². The molecule has 3 fully saturated rings. The summed E-state index contributed by atoms with van der Waals surface area (Å²) in [5.74, 6) is 0.765. The lowest BCUT2D eigenvalue weighted by Gasteiger charge is -2.32. The molecule has 2 N–H and O–H groups in total. The van der Waals surface area contributed by atoms with Crippen LogP contribution in [-0.4, -0.2) is 29.0 Å². The van der Waals surface area contributed by atoms with E-state index in [1.165, 1.54) is 54.4 Å². The van der Waals surface area contributed by atoms with Crippen molar-refractivity contribution in [2.75, 3.05) is 6.61 Å². The monoisotopic (exact) mass is 406 g/mol. The van der Waals surface area contributed by atoms with Crippen LogP contribution in [0.5, 0.6) is 0 Å². The molecule has 1 saturated heterocycles. The molecule has 0 amide bonds. The molecule has 1 aliphatic heterocycles.